The Morgan fingerprint density at radius 1 is 1.22 bits per heavy atom. The number of rotatable bonds is 9. The maximum Gasteiger partial charge on any atom is 0.0474 e. The summed E-state index contributed by atoms with van der Waals surface area (Å²) in [6, 6.07) is 8.16. The summed E-state index contributed by atoms with van der Waals surface area (Å²) in [4.78, 5) is 0. The van der Waals surface area contributed by atoms with Gasteiger partial charge in [0.2, 0.25) is 0 Å². The molecule has 0 aliphatic rings. The van der Waals surface area contributed by atoms with Crippen LogP contribution in [-0.2, 0) is 6.42 Å². The quantitative estimate of drug-likeness (QED) is 0.454. The maximum absolute atomic E-state index is 13.0. The molecule has 0 radical (unpaired) electrons. The van der Waals surface area contributed by atoms with Crippen LogP contribution in [0.1, 0.15) is 46.6 Å². The second kappa shape index (κ2) is 9.51. The summed E-state index contributed by atoms with van der Waals surface area (Å²) in [7, 11) is 0. The number of hydrogen-bond donors (Lipinski definition) is 2. The number of hydrogen-bond acceptors (Lipinski definition) is 2. The highest BCUT2D eigenvalue weighted by molar-refractivity contribution is 5.49. The molecule has 0 saturated carbocycles. The average Bonchev–Trinajstić information content (AvgIpc) is 2.53. The van der Waals surface area contributed by atoms with E-state index < -0.39 is 0 Å². The van der Waals surface area contributed by atoms with Crippen molar-refractivity contribution in [2.24, 2.45) is 11.8 Å². The Kier molecular flexibility index (Phi) is 8.04. The fourth-order valence-corrected chi connectivity index (χ4v) is 2.55. The van der Waals surface area contributed by atoms with Crippen molar-refractivity contribution in [3.05, 3.63) is 53.8 Å². The highest BCUT2D eigenvalue weighted by atomic mass is 19.2. The van der Waals surface area contributed by atoms with Crippen LogP contribution in [0.5, 0.6) is 0 Å². The molecule has 2 N–H and O–H groups in total. The first-order chi connectivity index (χ1) is 10.9. The zero-order valence-electron chi connectivity index (χ0n) is 15.1. The van der Waals surface area contributed by atoms with Crippen molar-refractivity contribution in [3.8, 4) is 0 Å². The van der Waals surface area contributed by atoms with Gasteiger partial charge in [0.15, 0.2) is 0 Å². The van der Waals surface area contributed by atoms with Gasteiger partial charge in [-0.05, 0) is 50.3 Å². The minimum atomic E-state index is -0.238. The van der Waals surface area contributed by atoms with Crippen molar-refractivity contribution in [1.82, 2.24) is 5.54 Å². The minimum absolute atomic E-state index is 0.00276. The summed E-state index contributed by atoms with van der Waals surface area (Å²) in [6.07, 6.45) is 4.30. The van der Waals surface area contributed by atoms with Crippen LogP contribution in [0.2, 0.25) is 0 Å². The number of aryl methyl sites for hydroxylation is 1. The Morgan fingerprint density at radius 2 is 1.83 bits per heavy atom. The number of allylic oxidation sites excluding steroid dienone is 2. The lowest BCUT2D eigenvalue weighted by molar-refractivity contribution is 0.192. The van der Waals surface area contributed by atoms with E-state index in [2.05, 4.69) is 56.1 Å². The van der Waals surface area contributed by atoms with E-state index in [1.165, 1.54) is 11.1 Å². The highest BCUT2D eigenvalue weighted by Gasteiger charge is 2.23. The van der Waals surface area contributed by atoms with E-state index in [4.69, 9.17) is 0 Å². The van der Waals surface area contributed by atoms with E-state index in [-0.39, 0.29) is 17.9 Å². The second-order valence-corrected chi connectivity index (χ2v) is 6.65. The summed E-state index contributed by atoms with van der Waals surface area (Å²) >= 11 is 0. The molecule has 1 aromatic rings. The van der Waals surface area contributed by atoms with Crippen LogP contribution in [0.25, 0.3) is 0 Å². The third-order valence-electron chi connectivity index (χ3n) is 4.49. The maximum atomic E-state index is 13.0. The highest BCUT2D eigenvalue weighted by Crippen LogP contribution is 2.22. The molecule has 2 atom stereocenters. The Hall–Kier alpha value is -1.61. The summed E-state index contributed by atoms with van der Waals surface area (Å²) < 4.78 is 13.0. The topological polar surface area (TPSA) is 24.1 Å². The molecule has 0 aliphatic heterocycles. The van der Waals surface area contributed by atoms with Gasteiger partial charge in [-0.2, -0.15) is 5.54 Å². The average molecular weight is 318 g/mol. The third kappa shape index (κ3) is 6.19. The van der Waals surface area contributed by atoms with Gasteiger partial charge in [-0.15, -0.1) is 4.48 Å². The number of anilines is 1. The van der Waals surface area contributed by atoms with Gasteiger partial charge in [0, 0.05) is 23.3 Å². The van der Waals surface area contributed by atoms with Crippen LogP contribution in [0.15, 0.2) is 48.2 Å². The summed E-state index contributed by atoms with van der Waals surface area (Å²) in [5, 5.41) is 3.30. The standard InChI is InChI=1S/C20H31FN2/c1-7-15(4)8-9-18-10-12-19(13-11-18)22-17(6)16(5)20(23-21)14(2)3/h7,10-14,16,20,22-23H,6,8-9H2,1-5H3/b15-7-/t16-,20?/m0/s1. The molecule has 3 heteroatoms. The minimum Gasteiger partial charge on any atom is -0.359 e. The third-order valence-corrected chi connectivity index (χ3v) is 4.49. The molecule has 1 unspecified atom stereocenters. The molecular weight excluding hydrogens is 287 g/mol. The molecule has 0 bridgehead atoms. The molecule has 23 heavy (non-hydrogen) atoms. The zero-order chi connectivity index (χ0) is 17.4. The van der Waals surface area contributed by atoms with Crippen molar-refractivity contribution in [2.45, 2.75) is 53.5 Å². The number of halogens is 1. The van der Waals surface area contributed by atoms with E-state index in [9.17, 15) is 4.48 Å². The van der Waals surface area contributed by atoms with Gasteiger partial charge in [-0.1, -0.05) is 51.1 Å². The molecule has 128 valence electrons. The molecule has 1 rings (SSSR count). The van der Waals surface area contributed by atoms with Crippen LogP contribution in [0, 0.1) is 11.8 Å². The number of nitrogens with one attached hydrogen (secondary N) is 2. The van der Waals surface area contributed by atoms with Gasteiger partial charge in [0.1, 0.15) is 0 Å². The molecule has 0 fully saturated rings. The van der Waals surface area contributed by atoms with Crippen LogP contribution in [0.3, 0.4) is 0 Å². The Balaban J connectivity index is 2.62. The first-order valence-electron chi connectivity index (χ1n) is 8.41. The van der Waals surface area contributed by atoms with Gasteiger partial charge < -0.3 is 5.32 Å². The second-order valence-electron chi connectivity index (χ2n) is 6.65. The Bertz CT molecular complexity index is 517. The van der Waals surface area contributed by atoms with E-state index in [0.29, 0.717) is 0 Å². The van der Waals surface area contributed by atoms with E-state index >= 15 is 0 Å². The normalized spacial score (nSPS) is 14.7. The molecule has 0 spiro atoms. The first-order valence-corrected chi connectivity index (χ1v) is 8.41. The molecule has 1 aromatic carbocycles. The largest absolute Gasteiger partial charge is 0.359 e. The van der Waals surface area contributed by atoms with Crippen molar-refractivity contribution >= 4 is 5.69 Å². The van der Waals surface area contributed by atoms with Gasteiger partial charge in [-0.3, -0.25) is 0 Å². The van der Waals surface area contributed by atoms with Gasteiger partial charge in [-0.25, -0.2) is 0 Å². The molecule has 0 amide bonds. The predicted molar refractivity (Wildman–Crippen MR) is 99.0 cm³/mol. The van der Waals surface area contributed by atoms with E-state index in [1.807, 2.05) is 26.3 Å². The van der Waals surface area contributed by atoms with Gasteiger partial charge in [0.05, 0.1) is 0 Å². The van der Waals surface area contributed by atoms with Crippen molar-refractivity contribution in [1.29, 1.82) is 0 Å². The molecule has 0 heterocycles. The van der Waals surface area contributed by atoms with Crippen molar-refractivity contribution in [3.63, 3.8) is 0 Å². The van der Waals surface area contributed by atoms with Crippen molar-refractivity contribution in [2.75, 3.05) is 5.32 Å². The van der Waals surface area contributed by atoms with E-state index in [0.717, 1.165) is 24.2 Å². The molecule has 0 aromatic heterocycles. The monoisotopic (exact) mass is 318 g/mol. The first kappa shape index (κ1) is 19.4. The summed E-state index contributed by atoms with van der Waals surface area (Å²) in [6.45, 7) is 14.3. The SMILES string of the molecule is C=C(Nc1ccc(CC/C(C)=C\C)cc1)[C@H](C)C(NF)C(C)C. The summed E-state index contributed by atoms with van der Waals surface area (Å²) in [5.41, 5.74) is 6.45. The van der Waals surface area contributed by atoms with Crippen LogP contribution < -0.4 is 10.9 Å². The van der Waals surface area contributed by atoms with Crippen LogP contribution in [0.4, 0.5) is 10.2 Å². The molecule has 0 aliphatic carbocycles. The lowest BCUT2D eigenvalue weighted by Crippen LogP contribution is -2.36. The summed E-state index contributed by atoms with van der Waals surface area (Å²) in [5.74, 6) is 0.197. The van der Waals surface area contributed by atoms with Gasteiger partial charge in [0.25, 0.3) is 0 Å². The van der Waals surface area contributed by atoms with E-state index in [1.54, 1.807) is 0 Å². The molecular formula is C20H31FN2. The number of benzene rings is 1. The lowest BCUT2D eigenvalue weighted by Gasteiger charge is -2.27. The molecule has 2 nitrogen and oxygen atoms in total. The van der Waals surface area contributed by atoms with Crippen LogP contribution in [-0.4, -0.2) is 6.04 Å². The zero-order valence-corrected chi connectivity index (χ0v) is 15.1. The Labute approximate surface area is 140 Å². The molecule has 0 saturated heterocycles. The van der Waals surface area contributed by atoms with Crippen molar-refractivity contribution < 1.29 is 4.48 Å². The fraction of sp³-hybridized carbons (Fsp3) is 0.500. The smallest absolute Gasteiger partial charge is 0.0474 e. The Morgan fingerprint density at radius 3 is 2.30 bits per heavy atom. The fourth-order valence-electron chi connectivity index (χ4n) is 2.55. The van der Waals surface area contributed by atoms with Gasteiger partial charge >= 0.3 is 0 Å². The lowest BCUT2D eigenvalue weighted by atomic mass is 9.90. The van der Waals surface area contributed by atoms with Crippen LogP contribution >= 0.6 is 0 Å². The predicted octanol–water partition coefficient (Wildman–Crippen LogP) is 5.65.